The molecule has 188 valence electrons. The highest BCUT2D eigenvalue weighted by molar-refractivity contribution is 7.99. The summed E-state index contributed by atoms with van der Waals surface area (Å²) in [5.74, 6) is -0.628. The van der Waals surface area contributed by atoms with Crippen LogP contribution in [0.5, 0.6) is 0 Å². The molecule has 6 nitrogen and oxygen atoms in total. The molecular weight excluding hydrogens is 518 g/mol. The minimum Gasteiger partial charge on any atom is -0.325 e. The monoisotopic (exact) mass is 539 g/mol. The number of benzene rings is 4. The maximum Gasteiger partial charge on any atom is 0.266 e. The largest absolute Gasteiger partial charge is 0.325 e. The number of amides is 1. The Bertz CT molecular complexity index is 1730. The highest BCUT2D eigenvalue weighted by Crippen LogP contribution is 2.26. The van der Waals surface area contributed by atoms with E-state index in [1.807, 2.05) is 43.3 Å². The summed E-state index contributed by atoms with van der Waals surface area (Å²) in [6, 6.07) is 28.2. The number of aromatic nitrogens is 2. The third-order valence-electron chi connectivity index (χ3n) is 5.97. The molecule has 1 aromatic heterocycles. The average molecular weight is 540 g/mol. The van der Waals surface area contributed by atoms with Gasteiger partial charge in [-0.2, -0.15) is 0 Å². The number of carbonyl (C=O) groups is 2. The molecule has 0 unspecified atom stereocenters. The first-order valence-electron chi connectivity index (χ1n) is 11.8. The Balaban J connectivity index is 1.44. The van der Waals surface area contributed by atoms with Gasteiger partial charge in [0.15, 0.2) is 10.9 Å². The first-order valence-corrected chi connectivity index (χ1v) is 13.2. The second-order valence-electron chi connectivity index (χ2n) is 8.56. The number of para-hydroxylation sites is 2. The van der Waals surface area contributed by atoms with E-state index in [4.69, 9.17) is 16.6 Å². The minimum atomic E-state index is -0.349. The van der Waals surface area contributed by atoms with Crippen molar-refractivity contribution in [1.82, 2.24) is 9.55 Å². The van der Waals surface area contributed by atoms with Crippen molar-refractivity contribution in [2.45, 2.75) is 12.1 Å². The Kier molecular flexibility index (Phi) is 7.40. The van der Waals surface area contributed by atoms with E-state index in [-0.39, 0.29) is 23.0 Å². The second kappa shape index (κ2) is 11.0. The van der Waals surface area contributed by atoms with E-state index in [2.05, 4.69) is 5.32 Å². The van der Waals surface area contributed by atoms with Crippen LogP contribution in [0.1, 0.15) is 21.5 Å². The van der Waals surface area contributed by atoms with Gasteiger partial charge in [-0.25, -0.2) is 4.98 Å². The third kappa shape index (κ3) is 5.25. The zero-order chi connectivity index (χ0) is 26.6. The van der Waals surface area contributed by atoms with Crippen LogP contribution >= 0.6 is 23.4 Å². The van der Waals surface area contributed by atoms with Gasteiger partial charge in [0.2, 0.25) is 5.91 Å². The SMILES string of the molecule is Cc1ccccc1-n1c(SCC(=O)Nc2ccc(Cl)cc2C(=O)c2ccccc2)nc2ccccc2c1=O. The lowest BCUT2D eigenvalue weighted by Gasteiger charge is -2.15. The molecule has 0 aliphatic carbocycles. The van der Waals surface area contributed by atoms with Gasteiger partial charge >= 0.3 is 0 Å². The number of nitrogens with zero attached hydrogens (tertiary/aromatic N) is 2. The quantitative estimate of drug-likeness (QED) is 0.149. The number of anilines is 1. The van der Waals surface area contributed by atoms with Crippen LogP contribution in [0.4, 0.5) is 5.69 Å². The van der Waals surface area contributed by atoms with Crippen LogP contribution in [-0.2, 0) is 4.79 Å². The summed E-state index contributed by atoms with van der Waals surface area (Å²) in [6.07, 6.45) is 0. The fraction of sp³-hybridized carbons (Fsp3) is 0.0667. The van der Waals surface area contributed by atoms with Crippen LogP contribution in [0, 0.1) is 6.92 Å². The summed E-state index contributed by atoms with van der Waals surface area (Å²) in [5, 5.41) is 4.11. The maximum atomic E-state index is 13.5. The Morgan fingerprint density at radius 3 is 2.42 bits per heavy atom. The molecule has 0 saturated carbocycles. The molecule has 0 aliphatic heterocycles. The number of hydrogen-bond donors (Lipinski definition) is 1. The molecule has 0 atom stereocenters. The highest BCUT2D eigenvalue weighted by atomic mass is 35.5. The number of aryl methyl sites for hydroxylation is 1. The van der Waals surface area contributed by atoms with Crippen molar-refractivity contribution in [2.24, 2.45) is 0 Å². The third-order valence-corrected chi connectivity index (χ3v) is 7.14. The number of ketones is 1. The molecule has 1 N–H and O–H groups in total. The standard InChI is InChI=1S/C30H22ClN3O3S/c1-19-9-5-8-14-26(19)34-29(37)22-12-6-7-13-24(22)33-30(34)38-18-27(35)32-25-16-15-21(31)17-23(25)28(36)20-10-3-2-4-11-20/h2-17H,18H2,1H3,(H,32,35). The van der Waals surface area contributed by atoms with E-state index in [1.54, 1.807) is 65.2 Å². The van der Waals surface area contributed by atoms with Gasteiger partial charge < -0.3 is 5.32 Å². The van der Waals surface area contributed by atoms with Crippen LogP contribution < -0.4 is 10.9 Å². The number of thioether (sulfide) groups is 1. The molecule has 0 spiro atoms. The topological polar surface area (TPSA) is 81.1 Å². The molecule has 0 aliphatic rings. The Hall–Kier alpha value is -4.20. The van der Waals surface area contributed by atoms with Gasteiger partial charge in [-0.1, -0.05) is 84.0 Å². The molecule has 0 fully saturated rings. The van der Waals surface area contributed by atoms with Crippen molar-refractivity contribution in [2.75, 3.05) is 11.1 Å². The molecule has 8 heteroatoms. The predicted octanol–water partition coefficient (Wildman–Crippen LogP) is 6.31. The number of nitrogens with one attached hydrogen (secondary N) is 1. The van der Waals surface area contributed by atoms with Crippen LogP contribution in [-0.4, -0.2) is 27.0 Å². The average Bonchev–Trinajstić information content (AvgIpc) is 2.94. The maximum absolute atomic E-state index is 13.5. The van der Waals surface area contributed by atoms with Gasteiger partial charge in [-0.05, 0) is 48.9 Å². The summed E-state index contributed by atoms with van der Waals surface area (Å²) >= 11 is 7.32. The Morgan fingerprint density at radius 2 is 1.63 bits per heavy atom. The van der Waals surface area contributed by atoms with Crippen molar-refractivity contribution >= 4 is 51.6 Å². The van der Waals surface area contributed by atoms with Gasteiger partial charge in [-0.3, -0.25) is 19.0 Å². The molecular formula is C30H22ClN3O3S. The number of hydrogen-bond acceptors (Lipinski definition) is 5. The van der Waals surface area contributed by atoms with Crippen molar-refractivity contribution < 1.29 is 9.59 Å². The van der Waals surface area contributed by atoms with Crippen molar-refractivity contribution in [1.29, 1.82) is 0 Å². The predicted molar refractivity (Wildman–Crippen MR) is 153 cm³/mol. The second-order valence-corrected chi connectivity index (χ2v) is 9.94. The van der Waals surface area contributed by atoms with Crippen molar-refractivity contribution in [3.05, 3.63) is 129 Å². The Morgan fingerprint density at radius 1 is 0.921 bits per heavy atom. The van der Waals surface area contributed by atoms with Gasteiger partial charge in [0, 0.05) is 16.1 Å². The summed E-state index contributed by atoms with van der Waals surface area (Å²) in [6.45, 7) is 1.92. The molecule has 5 rings (SSSR count). The highest BCUT2D eigenvalue weighted by Gasteiger charge is 2.19. The molecule has 1 amide bonds. The van der Waals surface area contributed by atoms with Crippen LogP contribution in [0.3, 0.4) is 0 Å². The van der Waals surface area contributed by atoms with E-state index >= 15 is 0 Å². The molecule has 0 bridgehead atoms. The number of halogens is 1. The van der Waals surface area contributed by atoms with E-state index in [1.165, 1.54) is 0 Å². The normalized spacial score (nSPS) is 10.9. The number of carbonyl (C=O) groups excluding carboxylic acids is 2. The molecule has 5 aromatic rings. The molecule has 4 aromatic carbocycles. The molecule has 38 heavy (non-hydrogen) atoms. The van der Waals surface area contributed by atoms with Crippen LogP contribution in [0.2, 0.25) is 5.02 Å². The number of fused-ring (bicyclic) bond motifs is 1. The lowest BCUT2D eigenvalue weighted by molar-refractivity contribution is -0.113. The van der Waals surface area contributed by atoms with E-state index in [0.717, 1.165) is 17.3 Å². The summed E-state index contributed by atoms with van der Waals surface area (Å²) in [4.78, 5) is 44.4. The van der Waals surface area contributed by atoms with E-state index in [9.17, 15) is 14.4 Å². The zero-order valence-electron chi connectivity index (χ0n) is 20.4. The molecule has 0 radical (unpaired) electrons. The molecule has 0 saturated heterocycles. The van der Waals surface area contributed by atoms with Crippen LogP contribution in [0.15, 0.2) is 107 Å². The lowest BCUT2D eigenvalue weighted by Crippen LogP contribution is -2.23. The minimum absolute atomic E-state index is 0.0295. The molecule has 1 heterocycles. The zero-order valence-corrected chi connectivity index (χ0v) is 21.9. The fourth-order valence-corrected chi connectivity index (χ4v) is 5.09. The smallest absolute Gasteiger partial charge is 0.266 e. The summed E-state index contributed by atoms with van der Waals surface area (Å²) < 4.78 is 1.54. The first kappa shape index (κ1) is 25.4. The fourth-order valence-electron chi connectivity index (χ4n) is 4.11. The van der Waals surface area contributed by atoms with Crippen molar-refractivity contribution in [3.8, 4) is 5.69 Å². The van der Waals surface area contributed by atoms with Gasteiger partial charge in [-0.15, -0.1) is 0 Å². The van der Waals surface area contributed by atoms with Gasteiger partial charge in [0.05, 0.1) is 28.0 Å². The summed E-state index contributed by atoms with van der Waals surface area (Å²) in [5.41, 5.74) is 3.09. The first-order chi connectivity index (χ1) is 18.4. The summed E-state index contributed by atoms with van der Waals surface area (Å²) in [7, 11) is 0. The van der Waals surface area contributed by atoms with E-state index < -0.39 is 0 Å². The lowest BCUT2D eigenvalue weighted by atomic mass is 10.0. The van der Waals surface area contributed by atoms with Crippen molar-refractivity contribution in [3.63, 3.8) is 0 Å². The van der Waals surface area contributed by atoms with Gasteiger partial charge in [0.25, 0.3) is 5.56 Å². The van der Waals surface area contributed by atoms with Crippen LogP contribution in [0.25, 0.3) is 16.6 Å². The van der Waals surface area contributed by atoms with E-state index in [0.29, 0.717) is 43.6 Å². The number of rotatable bonds is 7. The Labute approximate surface area is 228 Å². The van der Waals surface area contributed by atoms with Gasteiger partial charge in [0.1, 0.15) is 0 Å².